The number of nitrogens with one attached hydrogen (secondary N) is 1. The molecule has 0 spiro atoms. The maximum atomic E-state index is 11.6. The van der Waals surface area contributed by atoms with E-state index >= 15 is 0 Å². The molecule has 3 heteroatoms. The quantitative estimate of drug-likeness (QED) is 0.652. The van der Waals surface area contributed by atoms with Crippen molar-refractivity contribution in [2.24, 2.45) is 0 Å². The lowest BCUT2D eigenvalue weighted by molar-refractivity contribution is -0.116. The van der Waals surface area contributed by atoms with Gasteiger partial charge in [-0.2, -0.15) is 0 Å². The second kappa shape index (κ2) is 7.90. The van der Waals surface area contributed by atoms with Gasteiger partial charge < -0.3 is 10.1 Å². The molecule has 0 atom stereocenters. The van der Waals surface area contributed by atoms with E-state index in [1.54, 1.807) is 6.08 Å². The molecule has 2 aromatic carbocycles. The van der Waals surface area contributed by atoms with E-state index < -0.39 is 0 Å². The van der Waals surface area contributed by atoms with Crippen LogP contribution in [0.3, 0.4) is 0 Å². The zero-order valence-electron chi connectivity index (χ0n) is 12.1. The van der Waals surface area contributed by atoms with Gasteiger partial charge in [-0.05, 0) is 30.2 Å². The first-order chi connectivity index (χ1) is 10.3. The Morgan fingerprint density at radius 3 is 2.57 bits per heavy atom. The summed E-state index contributed by atoms with van der Waals surface area (Å²) in [5.41, 5.74) is 2.09. The van der Waals surface area contributed by atoms with E-state index in [0.29, 0.717) is 13.2 Å². The summed E-state index contributed by atoms with van der Waals surface area (Å²) in [6, 6.07) is 17.5. The van der Waals surface area contributed by atoms with Crippen LogP contribution in [-0.2, 0) is 4.79 Å². The molecule has 0 radical (unpaired) electrons. The molecule has 3 nitrogen and oxygen atoms in total. The van der Waals surface area contributed by atoms with Crippen molar-refractivity contribution in [1.82, 2.24) is 5.32 Å². The number of hydrogen-bond acceptors (Lipinski definition) is 2. The van der Waals surface area contributed by atoms with Crippen molar-refractivity contribution in [2.75, 3.05) is 13.2 Å². The smallest absolute Gasteiger partial charge is 0.244 e. The highest BCUT2D eigenvalue weighted by atomic mass is 16.5. The van der Waals surface area contributed by atoms with Gasteiger partial charge in [0.2, 0.25) is 5.91 Å². The summed E-state index contributed by atoms with van der Waals surface area (Å²) in [5, 5.41) is 2.79. The number of para-hydroxylation sites is 1. The maximum Gasteiger partial charge on any atom is 0.244 e. The van der Waals surface area contributed by atoms with E-state index in [2.05, 4.69) is 5.32 Å². The normalized spacial score (nSPS) is 10.5. The number of amides is 1. The second-order valence-corrected chi connectivity index (χ2v) is 4.65. The van der Waals surface area contributed by atoms with Crippen LogP contribution in [0.2, 0.25) is 0 Å². The van der Waals surface area contributed by atoms with E-state index in [-0.39, 0.29) is 5.91 Å². The molecular formula is C18H19NO2. The molecule has 0 aliphatic carbocycles. The van der Waals surface area contributed by atoms with Gasteiger partial charge >= 0.3 is 0 Å². The number of aryl methyl sites for hydroxylation is 1. The number of carbonyl (C=O) groups excluding carboxylic acids is 1. The zero-order chi connectivity index (χ0) is 14.9. The molecule has 0 saturated carbocycles. The molecule has 0 aliphatic rings. The highest BCUT2D eigenvalue weighted by molar-refractivity contribution is 5.91. The standard InChI is InChI=1S/C18H19NO2/c1-15-7-5-6-10-17(15)21-14-13-19-18(20)12-11-16-8-3-2-4-9-16/h2-12H,13-14H2,1H3,(H,19,20)/b12-11+. The molecule has 108 valence electrons. The Morgan fingerprint density at radius 2 is 1.81 bits per heavy atom. The van der Waals surface area contributed by atoms with Crippen LogP contribution in [-0.4, -0.2) is 19.1 Å². The summed E-state index contributed by atoms with van der Waals surface area (Å²) in [6.45, 7) is 2.93. The van der Waals surface area contributed by atoms with Gasteiger partial charge in [0, 0.05) is 6.08 Å². The fraction of sp³-hybridized carbons (Fsp3) is 0.167. The third-order valence-electron chi connectivity index (χ3n) is 2.98. The summed E-state index contributed by atoms with van der Waals surface area (Å²) in [7, 11) is 0. The molecule has 0 aliphatic heterocycles. The number of rotatable bonds is 6. The van der Waals surface area contributed by atoms with E-state index in [9.17, 15) is 4.79 Å². The van der Waals surface area contributed by atoms with Gasteiger partial charge in [0.05, 0.1) is 6.54 Å². The van der Waals surface area contributed by atoms with Crippen molar-refractivity contribution in [3.05, 3.63) is 71.8 Å². The van der Waals surface area contributed by atoms with E-state index in [0.717, 1.165) is 16.9 Å². The summed E-state index contributed by atoms with van der Waals surface area (Å²) >= 11 is 0. The fourth-order valence-corrected chi connectivity index (χ4v) is 1.85. The molecule has 0 bridgehead atoms. The third-order valence-corrected chi connectivity index (χ3v) is 2.98. The summed E-state index contributed by atoms with van der Waals surface area (Å²) in [4.78, 5) is 11.6. The molecule has 1 amide bonds. The van der Waals surface area contributed by atoms with Crippen LogP contribution in [0.4, 0.5) is 0 Å². The zero-order valence-corrected chi connectivity index (χ0v) is 12.1. The molecule has 21 heavy (non-hydrogen) atoms. The summed E-state index contributed by atoms with van der Waals surface area (Å²) < 4.78 is 5.61. The SMILES string of the molecule is Cc1ccccc1OCCNC(=O)/C=C/c1ccccc1. The van der Waals surface area contributed by atoms with Gasteiger partial charge in [0.1, 0.15) is 12.4 Å². The minimum absolute atomic E-state index is 0.118. The lowest BCUT2D eigenvalue weighted by Gasteiger charge is -2.08. The average molecular weight is 281 g/mol. The largest absolute Gasteiger partial charge is 0.491 e. The van der Waals surface area contributed by atoms with Crippen LogP contribution >= 0.6 is 0 Å². The molecule has 0 aromatic heterocycles. The monoisotopic (exact) mass is 281 g/mol. The van der Waals surface area contributed by atoms with Crippen molar-refractivity contribution in [2.45, 2.75) is 6.92 Å². The van der Waals surface area contributed by atoms with Gasteiger partial charge in [-0.1, -0.05) is 48.5 Å². The number of hydrogen-bond donors (Lipinski definition) is 1. The van der Waals surface area contributed by atoms with Gasteiger partial charge in [-0.3, -0.25) is 4.79 Å². The van der Waals surface area contributed by atoms with Crippen molar-refractivity contribution < 1.29 is 9.53 Å². The Labute approximate surface area is 125 Å². The Hall–Kier alpha value is -2.55. The molecular weight excluding hydrogens is 262 g/mol. The second-order valence-electron chi connectivity index (χ2n) is 4.65. The maximum absolute atomic E-state index is 11.6. The average Bonchev–Trinajstić information content (AvgIpc) is 2.52. The van der Waals surface area contributed by atoms with E-state index in [1.807, 2.05) is 61.5 Å². The Bertz CT molecular complexity index is 606. The first-order valence-electron chi connectivity index (χ1n) is 6.95. The van der Waals surface area contributed by atoms with Crippen LogP contribution in [0.5, 0.6) is 5.75 Å². The first kappa shape index (κ1) is 14.9. The minimum Gasteiger partial charge on any atom is -0.491 e. The lowest BCUT2D eigenvalue weighted by atomic mass is 10.2. The van der Waals surface area contributed by atoms with Crippen LogP contribution in [0.25, 0.3) is 6.08 Å². The Balaban J connectivity index is 1.70. The van der Waals surface area contributed by atoms with Crippen molar-refractivity contribution in [3.8, 4) is 5.75 Å². The van der Waals surface area contributed by atoms with Gasteiger partial charge in [-0.15, -0.1) is 0 Å². The third kappa shape index (κ3) is 5.15. The lowest BCUT2D eigenvalue weighted by Crippen LogP contribution is -2.26. The molecule has 0 heterocycles. The topological polar surface area (TPSA) is 38.3 Å². The van der Waals surface area contributed by atoms with E-state index in [4.69, 9.17) is 4.74 Å². The van der Waals surface area contributed by atoms with E-state index in [1.165, 1.54) is 6.08 Å². The van der Waals surface area contributed by atoms with Gasteiger partial charge in [0.15, 0.2) is 0 Å². The highest BCUT2D eigenvalue weighted by Gasteiger charge is 1.98. The molecule has 2 aromatic rings. The van der Waals surface area contributed by atoms with Crippen LogP contribution in [0.1, 0.15) is 11.1 Å². The molecule has 0 fully saturated rings. The van der Waals surface area contributed by atoms with Crippen LogP contribution in [0.15, 0.2) is 60.7 Å². The fourth-order valence-electron chi connectivity index (χ4n) is 1.85. The molecule has 0 saturated heterocycles. The van der Waals surface area contributed by atoms with Crippen molar-refractivity contribution in [3.63, 3.8) is 0 Å². The molecule has 0 unspecified atom stereocenters. The predicted molar refractivity (Wildman–Crippen MR) is 85.2 cm³/mol. The number of ether oxygens (including phenoxy) is 1. The molecule has 1 N–H and O–H groups in total. The van der Waals surface area contributed by atoms with Crippen LogP contribution in [0, 0.1) is 6.92 Å². The van der Waals surface area contributed by atoms with Crippen molar-refractivity contribution >= 4 is 12.0 Å². The molecule has 2 rings (SSSR count). The Morgan fingerprint density at radius 1 is 1.10 bits per heavy atom. The summed E-state index contributed by atoms with van der Waals surface area (Å²) in [5.74, 6) is 0.735. The minimum atomic E-state index is -0.118. The first-order valence-corrected chi connectivity index (χ1v) is 6.95. The number of benzene rings is 2. The number of carbonyl (C=O) groups is 1. The van der Waals surface area contributed by atoms with Gasteiger partial charge in [-0.25, -0.2) is 0 Å². The predicted octanol–water partition coefficient (Wildman–Crippen LogP) is 3.20. The van der Waals surface area contributed by atoms with Gasteiger partial charge in [0.25, 0.3) is 0 Å². The van der Waals surface area contributed by atoms with Crippen LogP contribution < -0.4 is 10.1 Å². The highest BCUT2D eigenvalue weighted by Crippen LogP contribution is 2.15. The summed E-state index contributed by atoms with van der Waals surface area (Å²) in [6.07, 6.45) is 3.32. The van der Waals surface area contributed by atoms with Crippen molar-refractivity contribution in [1.29, 1.82) is 0 Å². The Kier molecular flexibility index (Phi) is 5.59.